The number of anilines is 1. The Morgan fingerprint density at radius 1 is 1.35 bits per heavy atom. The van der Waals surface area contributed by atoms with Gasteiger partial charge in [-0.3, -0.25) is 0 Å². The summed E-state index contributed by atoms with van der Waals surface area (Å²) in [5, 5.41) is 3.03. The summed E-state index contributed by atoms with van der Waals surface area (Å²) in [4.78, 5) is 5.73. The summed E-state index contributed by atoms with van der Waals surface area (Å²) in [7, 11) is 3.86. The predicted molar refractivity (Wildman–Crippen MR) is 60.9 cm³/mol. The molecule has 0 fully saturated rings. The molecule has 1 aromatic heterocycles. The van der Waals surface area contributed by atoms with E-state index in [2.05, 4.69) is 10.3 Å². The molecular formula is C11H16F3N3. The van der Waals surface area contributed by atoms with Crippen LogP contribution in [0.2, 0.25) is 0 Å². The van der Waals surface area contributed by atoms with Crippen molar-refractivity contribution in [2.24, 2.45) is 0 Å². The Hall–Kier alpha value is -1.30. The molecule has 0 amide bonds. The number of nitrogens with zero attached hydrogens (tertiary/aromatic N) is 2. The summed E-state index contributed by atoms with van der Waals surface area (Å²) in [6, 6.07) is 2.49. The van der Waals surface area contributed by atoms with Crippen LogP contribution in [-0.2, 0) is 6.18 Å². The number of pyridine rings is 1. The first-order chi connectivity index (χ1) is 7.79. The van der Waals surface area contributed by atoms with Crippen molar-refractivity contribution in [1.82, 2.24) is 9.88 Å². The lowest BCUT2D eigenvalue weighted by Crippen LogP contribution is -2.29. The van der Waals surface area contributed by atoms with Crippen molar-refractivity contribution in [3.63, 3.8) is 0 Å². The molecule has 1 unspecified atom stereocenters. The van der Waals surface area contributed by atoms with Crippen LogP contribution in [-0.4, -0.2) is 36.6 Å². The van der Waals surface area contributed by atoms with E-state index in [1.807, 2.05) is 25.9 Å². The molecule has 0 saturated heterocycles. The van der Waals surface area contributed by atoms with Gasteiger partial charge in [-0.1, -0.05) is 0 Å². The predicted octanol–water partition coefficient (Wildman–Crippen LogP) is 2.46. The maximum absolute atomic E-state index is 12.3. The van der Waals surface area contributed by atoms with Crippen molar-refractivity contribution in [1.29, 1.82) is 0 Å². The lowest BCUT2D eigenvalue weighted by molar-refractivity contribution is -0.137. The molecule has 0 saturated carbocycles. The molecule has 0 aliphatic heterocycles. The smallest absolute Gasteiger partial charge is 0.366 e. The van der Waals surface area contributed by atoms with Gasteiger partial charge in [0.05, 0.1) is 5.56 Å². The van der Waals surface area contributed by atoms with Gasteiger partial charge in [0.2, 0.25) is 0 Å². The Bertz CT molecular complexity index is 346. The summed E-state index contributed by atoms with van der Waals surface area (Å²) in [6.45, 7) is 2.72. The molecule has 0 spiro atoms. The summed E-state index contributed by atoms with van der Waals surface area (Å²) in [6.07, 6.45) is -3.49. The van der Waals surface area contributed by atoms with E-state index in [0.717, 1.165) is 18.8 Å². The average Bonchev–Trinajstić information content (AvgIpc) is 2.15. The second kappa shape index (κ2) is 5.35. The third-order valence-electron chi connectivity index (χ3n) is 2.12. The minimum absolute atomic E-state index is 0.120. The van der Waals surface area contributed by atoms with Crippen LogP contribution in [0.1, 0.15) is 12.5 Å². The minimum Gasteiger partial charge on any atom is -0.366 e. The van der Waals surface area contributed by atoms with E-state index in [9.17, 15) is 13.2 Å². The quantitative estimate of drug-likeness (QED) is 0.885. The summed E-state index contributed by atoms with van der Waals surface area (Å²) >= 11 is 0. The first kappa shape index (κ1) is 13.8. The lowest BCUT2D eigenvalue weighted by atomic mass is 10.2. The topological polar surface area (TPSA) is 28.2 Å². The number of nitrogens with one attached hydrogen (secondary N) is 1. The van der Waals surface area contributed by atoms with Gasteiger partial charge in [0, 0.05) is 18.8 Å². The second-order valence-corrected chi connectivity index (χ2v) is 4.24. The van der Waals surface area contributed by atoms with Crippen LogP contribution in [0.25, 0.3) is 0 Å². The highest BCUT2D eigenvalue weighted by molar-refractivity contribution is 5.37. The Kier molecular flexibility index (Phi) is 4.34. The maximum Gasteiger partial charge on any atom is 0.417 e. The van der Waals surface area contributed by atoms with Crippen molar-refractivity contribution < 1.29 is 13.2 Å². The molecule has 3 nitrogen and oxygen atoms in total. The highest BCUT2D eigenvalue weighted by atomic mass is 19.4. The van der Waals surface area contributed by atoms with Crippen molar-refractivity contribution in [3.05, 3.63) is 23.9 Å². The van der Waals surface area contributed by atoms with Crippen LogP contribution in [0, 0.1) is 0 Å². The molecule has 0 radical (unpaired) electrons. The molecule has 1 aromatic rings. The summed E-state index contributed by atoms with van der Waals surface area (Å²) in [5.41, 5.74) is -0.733. The van der Waals surface area contributed by atoms with E-state index in [0.29, 0.717) is 5.82 Å². The van der Waals surface area contributed by atoms with Crippen molar-refractivity contribution in [2.75, 3.05) is 26.0 Å². The van der Waals surface area contributed by atoms with Gasteiger partial charge in [0.1, 0.15) is 5.82 Å². The molecule has 0 aliphatic carbocycles. The number of halogens is 3. The Morgan fingerprint density at radius 3 is 2.41 bits per heavy atom. The van der Waals surface area contributed by atoms with Gasteiger partial charge in [0.25, 0.3) is 0 Å². The van der Waals surface area contributed by atoms with E-state index >= 15 is 0 Å². The average molecular weight is 247 g/mol. The van der Waals surface area contributed by atoms with E-state index in [-0.39, 0.29) is 6.04 Å². The van der Waals surface area contributed by atoms with Crippen LogP contribution in [0.15, 0.2) is 18.3 Å². The zero-order valence-corrected chi connectivity index (χ0v) is 10.0. The van der Waals surface area contributed by atoms with Gasteiger partial charge >= 0.3 is 6.18 Å². The van der Waals surface area contributed by atoms with Gasteiger partial charge in [0.15, 0.2) is 0 Å². The largest absolute Gasteiger partial charge is 0.417 e. The molecule has 17 heavy (non-hydrogen) atoms. The van der Waals surface area contributed by atoms with E-state index < -0.39 is 11.7 Å². The third-order valence-corrected chi connectivity index (χ3v) is 2.12. The van der Waals surface area contributed by atoms with Crippen molar-refractivity contribution >= 4 is 5.82 Å². The van der Waals surface area contributed by atoms with E-state index in [1.165, 1.54) is 6.07 Å². The SMILES string of the molecule is CC(CN(C)C)Nc1ccc(C(F)(F)F)cn1. The molecular weight excluding hydrogens is 231 g/mol. The van der Waals surface area contributed by atoms with E-state index in [1.54, 1.807) is 0 Å². The molecule has 1 rings (SSSR count). The zero-order valence-electron chi connectivity index (χ0n) is 10.0. The molecule has 1 heterocycles. The fourth-order valence-corrected chi connectivity index (χ4v) is 1.49. The van der Waals surface area contributed by atoms with Gasteiger partial charge in [-0.15, -0.1) is 0 Å². The van der Waals surface area contributed by atoms with Gasteiger partial charge in [-0.05, 0) is 33.2 Å². The molecule has 0 aromatic carbocycles. The van der Waals surface area contributed by atoms with Crippen LogP contribution in [0.3, 0.4) is 0 Å². The standard InChI is InChI=1S/C11H16F3N3/c1-8(7-17(2)3)16-10-5-4-9(6-15-10)11(12,13)14/h4-6,8H,7H2,1-3H3,(H,15,16). The van der Waals surface area contributed by atoms with Gasteiger partial charge < -0.3 is 10.2 Å². The van der Waals surface area contributed by atoms with Gasteiger partial charge in [-0.2, -0.15) is 13.2 Å². The molecule has 0 bridgehead atoms. The molecule has 96 valence electrons. The molecule has 1 atom stereocenters. The monoisotopic (exact) mass is 247 g/mol. The minimum atomic E-state index is -4.33. The highest BCUT2D eigenvalue weighted by Crippen LogP contribution is 2.28. The van der Waals surface area contributed by atoms with Crippen LogP contribution in [0.5, 0.6) is 0 Å². The first-order valence-corrected chi connectivity index (χ1v) is 5.23. The number of alkyl halides is 3. The number of hydrogen-bond donors (Lipinski definition) is 1. The zero-order chi connectivity index (χ0) is 13.1. The van der Waals surface area contributed by atoms with Crippen molar-refractivity contribution in [3.8, 4) is 0 Å². The highest BCUT2D eigenvalue weighted by Gasteiger charge is 2.30. The Morgan fingerprint density at radius 2 is 2.00 bits per heavy atom. The Balaban J connectivity index is 2.63. The Labute approximate surface area is 98.6 Å². The normalized spacial score (nSPS) is 13.8. The maximum atomic E-state index is 12.3. The van der Waals surface area contributed by atoms with Gasteiger partial charge in [-0.25, -0.2) is 4.98 Å². The second-order valence-electron chi connectivity index (χ2n) is 4.24. The molecule has 1 N–H and O–H groups in total. The van der Waals surface area contributed by atoms with Crippen LogP contribution >= 0.6 is 0 Å². The fourth-order valence-electron chi connectivity index (χ4n) is 1.49. The van der Waals surface area contributed by atoms with Crippen LogP contribution < -0.4 is 5.32 Å². The molecule has 6 heteroatoms. The lowest BCUT2D eigenvalue weighted by Gasteiger charge is -2.18. The first-order valence-electron chi connectivity index (χ1n) is 5.23. The summed E-state index contributed by atoms with van der Waals surface area (Å²) in [5.74, 6) is 0.451. The number of aromatic nitrogens is 1. The summed E-state index contributed by atoms with van der Waals surface area (Å²) < 4.78 is 36.9. The molecule has 0 aliphatic rings. The number of rotatable bonds is 4. The van der Waals surface area contributed by atoms with E-state index in [4.69, 9.17) is 0 Å². The van der Waals surface area contributed by atoms with Crippen LogP contribution in [0.4, 0.5) is 19.0 Å². The van der Waals surface area contributed by atoms with Crippen molar-refractivity contribution in [2.45, 2.75) is 19.1 Å². The fraction of sp³-hybridized carbons (Fsp3) is 0.545. The number of hydrogen-bond acceptors (Lipinski definition) is 3. The number of likely N-dealkylation sites (N-methyl/N-ethyl adjacent to an activating group) is 1. The third kappa shape index (κ3) is 4.60.